The number of carbonyl (C=O) groups is 2. The molecule has 1 N–H and O–H groups in total. The second-order valence-corrected chi connectivity index (χ2v) is 6.75. The van der Waals surface area contributed by atoms with E-state index in [9.17, 15) is 9.59 Å². The molecule has 0 aliphatic carbocycles. The molecule has 5 nitrogen and oxygen atoms in total. The molecule has 2 aromatic rings. The van der Waals surface area contributed by atoms with E-state index in [1.165, 1.54) is 0 Å². The number of nitrogens with one attached hydrogen (secondary N) is 1. The molecule has 3 rings (SSSR count). The summed E-state index contributed by atoms with van der Waals surface area (Å²) in [5.74, 6) is -0.0623. The number of halogens is 1. The second-order valence-electron chi connectivity index (χ2n) is 5.83. The zero-order valence-corrected chi connectivity index (χ0v) is 15.3. The summed E-state index contributed by atoms with van der Waals surface area (Å²) in [6.07, 6.45) is 0.361. The fraction of sp³-hybridized carbons (Fsp3) is 0.263. The van der Waals surface area contributed by atoms with Crippen LogP contribution in [0.15, 0.2) is 53.0 Å². The lowest BCUT2D eigenvalue weighted by Crippen LogP contribution is -2.41. The minimum Gasteiger partial charge on any atom is -0.378 e. The quantitative estimate of drug-likeness (QED) is 0.854. The van der Waals surface area contributed by atoms with Gasteiger partial charge in [-0.25, -0.2) is 0 Å². The summed E-state index contributed by atoms with van der Waals surface area (Å²) in [6, 6.07) is 14.6. The van der Waals surface area contributed by atoms with Crippen molar-refractivity contribution in [2.24, 2.45) is 0 Å². The van der Waals surface area contributed by atoms with Gasteiger partial charge in [-0.1, -0.05) is 34.1 Å². The van der Waals surface area contributed by atoms with Gasteiger partial charge in [-0.05, 0) is 35.9 Å². The van der Waals surface area contributed by atoms with Gasteiger partial charge in [0.05, 0.1) is 19.6 Å². The maximum Gasteiger partial charge on any atom is 0.255 e. The molecular weight excluding hydrogens is 384 g/mol. The van der Waals surface area contributed by atoms with Gasteiger partial charge in [-0.15, -0.1) is 0 Å². The van der Waals surface area contributed by atoms with Crippen LogP contribution in [-0.4, -0.2) is 43.0 Å². The summed E-state index contributed by atoms with van der Waals surface area (Å²) in [6.45, 7) is 2.51. The van der Waals surface area contributed by atoms with Crippen LogP contribution in [0.4, 0.5) is 5.69 Å². The minimum atomic E-state index is -0.168. The van der Waals surface area contributed by atoms with Gasteiger partial charge in [0.25, 0.3) is 5.91 Å². The van der Waals surface area contributed by atoms with Gasteiger partial charge in [0.15, 0.2) is 0 Å². The molecule has 0 unspecified atom stereocenters. The van der Waals surface area contributed by atoms with Crippen molar-refractivity contribution in [1.82, 2.24) is 4.90 Å². The molecule has 1 heterocycles. The molecule has 2 aromatic carbocycles. The second kappa shape index (κ2) is 8.27. The van der Waals surface area contributed by atoms with Crippen LogP contribution in [0.2, 0.25) is 0 Å². The number of carbonyl (C=O) groups excluding carboxylic acids is 2. The number of amides is 2. The first-order chi connectivity index (χ1) is 12.1. The zero-order valence-electron chi connectivity index (χ0n) is 13.7. The third-order valence-electron chi connectivity index (χ3n) is 4.02. The van der Waals surface area contributed by atoms with E-state index < -0.39 is 0 Å². The van der Waals surface area contributed by atoms with E-state index >= 15 is 0 Å². The number of ether oxygens (including phenoxy) is 1. The normalized spacial score (nSPS) is 14.2. The highest BCUT2D eigenvalue weighted by molar-refractivity contribution is 9.10. The lowest BCUT2D eigenvalue weighted by Gasteiger charge is -2.26. The largest absolute Gasteiger partial charge is 0.378 e. The number of morpholine rings is 1. The van der Waals surface area contributed by atoms with Crippen LogP contribution in [0.25, 0.3) is 0 Å². The Hall–Kier alpha value is -2.18. The molecule has 1 fully saturated rings. The smallest absolute Gasteiger partial charge is 0.255 e. The molecule has 1 aliphatic heterocycles. The van der Waals surface area contributed by atoms with E-state index in [0.29, 0.717) is 44.0 Å². The number of anilines is 1. The minimum absolute atomic E-state index is 0.106. The maximum atomic E-state index is 12.2. The summed E-state index contributed by atoms with van der Waals surface area (Å²) < 4.78 is 6.12. The Bertz CT molecular complexity index is 756. The standard InChI is InChI=1S/C19H19BrN2O3/c20-16-3-1-2-15(13-16)19(24)21-17-6-4-14(5-7-17)12-18(23)22-8-10-25-11-9-22/h1-7,13H,8-12H2,(H,21,24). The van der Waals surface area contributed by atoms with E-state index in [4.69, 9.17) is 4.74 Å². The first-order valence-electron chi connectivity index (χ1n) is 8.13. The van der Waals surface area contributed by atoms with Crippen molar-refractivity contribution in [3.63, 3.8) is 0 Å². The Balaban J connectivity index is 1.58. The van der Waals surface area contributed by atoms with Crippen molar-refractivity contribution in [2.75, 3.05) is 31.6 Å². The van der Waals surface area contributed by atoms with E-state index in [-0.39, 0.29) is 11.8 Å². The highest BCUT2D eigenvalue weighted by Crippen LogP contribution is 2.15. The van der Waals surface area contributed by atoms with Crippen LogP contribution in [0.3, 0.4) is 0 Å². The van der Waals surface area contributed by atoms with Crippen LogP contribution >= 0.6 is 15.9 Å². The van der Waals surface area contributed by atoms with Gasteiger partial charge >= 0.3 is 0 Å². The topological polar surface area (TPSA) is 58.6 Å². The van der Waals surface area contributed by atoms with E-state index in [2.05, 4.69) is 21.2 Å². The van der Waals surface area contributed by atoms with Gasteiger partial charge in [0.2, 0.25) is 5.91 Å². The van der Waals surface area contributed by atoms with Crippen molar-refractivity contribution in [2.45, 2.75) is 6.42 Å². The molecule has 6 heteroatoms. The molecule has 0 spiro atoms. The molecule has 0 radical (unpaired) electrons. The Morgan fingerprint density at radius 3 is 2.48 bits per heavy atom. The molecule has 130 valence electrons. The molecule has 1 saturated heterocycles. The molecule has 0 saturated carbocycles. The van der Waals surface area contributed by atoms with Gasteiger partial charge < -0.3 is 15.0 Å². The van der Waals surface area contributed by atoms with E-state index in [1.54, 1.807) is 12.1 Å². The van der Waals surface area contributed by atoms with E-state index in [1.807, 2.05) is 41.3 Å². The number of nitrogens with zero attached hydrogens (tertiary/aromatic N) is 1. The molecular formula is C19H19BrN2O3. The summed E-state index contributed by atoms with van der Waals surface area (Å²) >= 11 is 3.36. The van der Waals surface area contributed by atoms with Crippen molar-refractivity contribution in [1.29, 1.82) is 0 Å². The van der Waals surface area contributed by atoms with Crippen molar-refractivity contribution < 1.29 is 14.3 Å². The fourth-order valence-corrected chi connectivity index (χ4v) is 3.04. The van der Waals surface area contributed by atoms with Crippen molar-refractivity contribution >= 4 is 33.4 Å². The Morgan fingerprint density at radius 2 is 1.80 bits per heavy atom. The number of hydrogen-bond donors (Lipinski definition) is 1. The van der Waals surface area contributed by atoms with Gasteiger partial charge in [0, 0.05) is 28.8 Å². The number of hydrogen-bond acceptors (Lipinski definition) is 3. The van der Waals surface area contributed by atoms with Crippen LogP contribution in [0.5, 0.6) is 0 Å². The average Bonchev–Trinajstić information content (AvgIpc) is 2.64. The fourth-order valence-electron chi connectivity index (χ4n) is 2.64. The summed E-state index contributed by atoms with van der Waals surface area (Å²) in [4.78, 5) is 26.3. The van der Waals surface area contributed by atoms with Crippen LogP contribution in [0, 0.1) is 0 Å². The first-order valence-corrected chi connectivity index (χ1v) is 8.92. The molecule has 25 heavy (non-hydrogen) atoms. The number of rotatable bonds is 4. The van der Waals surface area contributed by atoms with Crippen LogP contribution in [-0.2, 0) is 16.0 Å². The molecule has 0 aromatic heterocycles. The van der Waals surface area contributed by atoms with Gasteiger partial charge in [-0.2, -0.15) is 0 Å². The summed E-state index contributed by atoms with van der Waals surface area (Å²) in [5, 5.41) is 2.86. The third-order valence-corrected chi connectivity index (χ3v) is 4.51. The van der Waals surface area contributed by atoms with Crippen LogP contribution < -0.4 is 5.32 Å². The highest BCUT2D eigenvalue weighted by Gasteiger charge is 2.17. The summed E-state index contributed by atoms with van der Waals surface area (Å²) in [7, 11) is 0. The Kier molecular flexibility index (Phi) is 5.83. The van der Waals surface area contributed by atoms with Crippen molar-refractivity contribution in [3.05, 3.63) is 64.1 Å². The van der Waals surface area contributed by atoms with Crippen LogP contribution in [0.1, 0.15) is 15.9 Å². The predicted molar refractivity (Wildman–Crippen MR) is 99.6 cm³/mol. The molecule has 0 bridgehead atoms. The first kappa shape index (κ1) is 17.6. The zero-order chi connectivity index (χ0) is 17.6. The predicted octanol–water partition coefficient (Wildman–Crippen LogP) is 3.10. The molecule has 0 atom stereocenters. The highest BCUT2D eigenvalue weighted by atomic mass is 79.9. The number of benzene rings is 2. The average molecular weight is 403 g/mol. The van der Waals surface area contributed by atoms with Gasteiger partial charge in [-0.3, -0.25) is 9.59 Å². The maximum absolute atomic E-state index is 12.2. The Labute approximate surface area is 155 Å². The third kappa shape index (κ3) is 4.90. The monoisotopic (exact) mass is 402 g/mol. The van der Waals surface area contributed by atoms with Gasteiger partial charge in [0.1, 0.15) is 0 Å². The van der Waals surface area contributed by atoms with Crippen molar-refractivity contribution in [3.8, 4) is 0 Å². The molecule has 1 aliphatic rings. The lowest BCUT2D eigenvalue weighted by atomic mass is 10.1. The molecule has 2 amide bonds. The Morgan fingerprint density at radius 1 is 1.08 bits per heavy atom. The van der Waals surface area contributed by atoms with E-state index in [0.717, 1.165) is 10.0 Å². The lowest BCUT2D eigenvalue weighted by molar-refractivity contribution is -0.134. The summed E-state index contributed by atoms with van der Waals surface area (Å²) in [5.41, 5.74) is 2.21. The SMILES string of the molecule is O=C(Nc1ccc(CC(=O)N2CCOCC2)cc1)c1cccc(Br)c1.